The summed E-state index contributed by atoms with van der Waals surface area (Å²) in [5, 5.41) is 14.3. The standard InChI is InChI=1S/C14H21N3O4S/c1-9-6-10(2)14(8-13(9)17(18)19)22(20,21)16-12-4-5-15-11(3)7-12/h6,8,11-12,15-16H,4-5,7H2,1-3H3. The number of nitrogens with one attached hydrogen (secondary N) is 2. The van der Waals surface area contributed by atoms with Gasteiger partial charge in [-0.3, -0.25) is 10.1 Å². The Kier molecular flexibility index (Phi) is 4.84. The van der Waals surface area contributed by atoms with E-state index < -0.39 is 14.9 Å². The van der Waals surface area contributed by atoms with Crippen molar-refractivity contribution in [3.8, 4) is 0 Å². The van der Waals surface area contributed by atoms with Gasteiger partial charge in [0.1, 0.15) is 0 Å². The van der Waals surface area contributed by atoms with E-state index >= 15 is 0 Å². The van der Waals surface area contributed by atoms with E-state index in [0.29, 0.717) is 24.0 Å². The van der Waals surface area contributed by atoms with Crippen LogP contribution in [0.3, 0.4) is 0 Å². The van der Waals surface area contributed by atoms with Crippen LogP contribution < -0.4 is 10.0 Å². The van der Waals surface area contributed by atoms with Gasteiger partial charge in [-0.2, -0.15) is 0 Å². The van der Waals surface area contributed by atoms with Gasteiger partial charge in [-0.05, 0) is 51.8 Å². The third kappa shape index (κ3) is 3.63. The number of piperidine rings is 1. The predicted molar refractivity (Wildman–Crippen MR) is 83.4 cm³/mol. The summed E-state index contributed by atoms with van der Waals surface area (Å²) in [6, 6.07) is 2.78. The van der Waals surface area contributed by atoms with Gasteiger partial charge in [0.2, 0.25) is 10.0 Å². The third-order valence-electron chi connectivity index (χ3n) is 3.93. The summed E-state index contributed by atoms with van der Waals surface area (Å²) in [7, 11) is -3.77. The van der Waals surface area contributed by atoms with Crippen molar-refractivity contribution in [1.29, 1.82) is 0 Å². The molecule has 1 saturated heterocycles. The van der Waals surface area contributed by atoms with E-state index in [9.17, 15) is 18.5 Å². The molecule has 1 aliphatic heterocycles. The van der Waals surface area contributed by atoms with E-state index in [1.807, 2.05) is 6.92 Å². The molecule has 122 valence electrons. The van der Waals surface area contributed by atoms with Crippen LogP contribution in [0.5, 0.6) is 0 Å². The van der Waals surface area contributed by atoms with Crippen molar-refractivity contribution >= 4 is 15.7 Å². The second-order valence-corrected chi connectivity index (χ2v) is 7.54. The summed E-state index contributed by atoms with van der Waals surface area (Å²) in [4.78, 5) is 10.5. The van der Waals surface area contributed by atoms with Crippen molar-refractivity contribution in [1.82, 2.24) is 10.0 Å². The van der Waals surface area contributed by atoms with Gasteiger partial charge < -0.3 is 5.32 Å². The smallest absolute Gasteiger partial charge is 0.273 e. The normalized spacial score (nSPS) is 22.5. The highest BCUT2D eigenvalue weighted by atomic mass is 32.2. The molecule has 2 N–H and O–H groups in total. The number of aryl methyl sites for hydroxylation is 2. The number of rotatable bonds is 4. The van der Waals surface area contributed by atoms with Gasteiger partial charge >= 0.3 is 0 Å². The minimum atomic E-state index is -3.77. The van der Waals surface area contributed by atoms with Gasteiger partial charge in [0, 0.05) is 23.7 Å². The van der Waals surface area contributed by atoms with Crippen LogP contribution in [0.1, 0.15) is 30.9 Å². The Balaban J connectivity index is 2.32. The Morgan fingerprint density at radius 1 is 1.32 bits per heavy atom. The Bertz CT molecular complexity index is 688. The number of nitrogens with zero attached hydrogens (tertiary/aromatic N) is 1. The lowest BCUT2D eigenvalue weighted by molar-refractivity contribution is -0.385. The molecule has 1 fully saturated rings. The van der Waals surface area contributed by atoms with Gasteiger partial charge in [0.05, 0.1) is 9.82 Å². The molecule has 2 unspecified atom stereocenters. The van der Waals surface area contributed by atoms with Crippen molar-refractivity contribution in [2.75, 3.05) is 6.54 Å². The molecule has 1 heterocycles. The zero-order valence-corrected chi connectivity index (χ0v) is 13.7. The largest absolute Gasteiger partial charge is 0.314 e. The molecule has 0 aromatic heterocycles. The fraction of sp³-hybridized carbons (Fsp3) is 0.571. The first-order valence-corrected chi connectivity index (χ1v) is 8.70. The Morgan fingerprint density at radius 2 is 2.00 bits per heavy atom. The minimum Gasteiger partial charge on any atom is -0.314 e. The lowest BCUT2D eigenvalue weighted by Crippen LogP contribution is -2.46. The van der Waals surface area contributed by atoms with Crippen LogP contribution in [-0.2, 0) is 10.0 Å². The minimum absolute atomic E-state index is 0.0176. The number of nitro benzene ring substituents is 1. The van der Waals surface area contributed by atoms with Crippen molar-refractivity contribution in [3.63, 3.8) is 0 Å². The number of hydrogen-bond acceptors (Lipinski definition) is 5. The summed E-state index contributed by atoms with van der Waals surface area (Å²) >= 11 is 0. The average molecular weight is 327 g/mol. The Labute approximate surface area is 130 Å². The summed E-state index contributed by atoms with van der Waals surface area (Å²) in [6.07, 6.45) is 1.41. The molecule has 0 amide bonds. The molecule has 1 aliphatic rings. The van der Waals surface area contributed by atoms with Crippen molar-refractivity contribution < 1.29 is 13.3 Å². The maximum atomic E-state index is 12.6. The number of benzene rings is 1. The molecule has 0 saturated carbocycles. The highest BCUT2D eigenvalue weighted by molar-refractivity contribution is 7.89. The molecule has 0 radical (unpaired) electrons. The summed E-state index contributed by atoms with van der Waals surface area (Å²) in [5.41, 5.74) is 0.791. The van der Waals surface area contributed by atoms with E-state index in [1.54, 1.807) is 13.8 Å². The molecule has 0 spiro atoms. The van der Waals surface area contributed by atoms with Crippen LogP contribution in [0.15, 0.2) is 17.0 Å². The molecule has 1 aromatic carbocycles. The second-order valence-electron chi connectivity index (χ2n) is 5.86. The van der Waals surface area contributed by atoms with E-state index in [-0.39, 0.29) is 22.7 Å². The first-order valence-electron chi connectivity index (χ1n) is 7.22. The van der Waals surface area contributed by atoms with Crippen LogP contribution in [0, 0.1) is 24.0 Å². The molecule has 0 aliphatic carbocycles. The summed E-state index contributed by atoms with van der Waals surface area (Å²) in [5.74, 6) is 0. The van der Waals surface area contributed by atoms with E-state index in [0.717, 1.165) is 12.6 Å². The fourth-order valence-electron chi connectivity index (χ4n) is 2.83. The lowest BCUT2D eigenvalue weighted by Gasteiger charge is -2.28. The van der Waals surface area contributed by atoms with Crippen LogP contribution in [-0.4, -0.2) is 32.0 Å². The van der Waals surface area contributed by atoms with Crippen molar-refractivity contribution in [2.45, 2.75) is 50.6 Å². The van der Waals surface area contributed by atoms with Crippen LogP contribution >= 0.6 is 0 Å². The average Bonchev–Trinajstić information content (AvgIpc) is 2.37. The van der Waals surface area contributed by atoms with Gasteiger partial charge in [0.15, 0.2) is 0 Å². The first kappa shape index (κ1) is 16.9. The van der Waals surface area contributed by atoms with E-state index in [1.165, 1.54) is 6.07 Å². The molecule has 7 nitrogen and oxygen atoms in total. The van der Waals surface area contributed by atoms with E-state index in [2.05, 4.69) is 10.0 Å². The quantitative estimate of drug-likeness (QED) is 0.646. The number of hydrogen-bond donors (Lipinski definition) is 2. The maximum Gasteiger partial charge on any atom is 0.273 e. The number of sulfonamides is 1. The van der Waals surface area contributed by atoms with E-state index in [4.69, 9.17) is 0 Å². The zero-order valence-electron chi connectivity index (χ0n) is 12.9. The number of nitro groups is 1. The first-order chi connectivity index (χ1) is 10.2. The van der Waals surface area contributed by atoms with Gasteiger partial charge in [-0.1, -0.05) is 0 Å². The molecule has 0 bridgehead atoms. The molecule has 8 heteroatoms. The molecule has 2 rings (SSSR count). The van der Waals surface area contributed by atoms with Gasteiger partial charge in [-0.15, -0.1) is 0 Å². The predicted octanol–water partition coefficient (Wildman–Crippen LogP) is 1.63. The Morgan fingerprint density at radius 3 is 2.59 bits per heavy atom. The molecule has 1 aromatic rings. The van der Waals surface area contributed by atoms with Crippen LogP contribution in [0.4, 0.5) is 5.69 Å². The maximum absolute atomic E-state index is 12.6. The Hall–Kier alpha value is -1.51. The highest BCUT2D eigenvalue weighted by Gasteiger charge is 2.27. The molecular weight excluding hydrogens is 306 g/mol. The topological polar surface area (TPSA) is 101 Å². The van der Waals surface area contributed by atoms with Crippen molar-refractivity contribution in [2.24, 2.45) is 0 Å². The summed E-state index contributed by atoms with van der Waals surface area (Å²) in [6.45, 7) is 6.00. The fourth-order valence-corrected chi connectivity index (χ4v) is 4.36. The lowest BCUT2D eigenvalue weighted by atomic mass is 10.0. The highest BCUT2D eigenvalue weighted by Crippen LogP contribution is 2.26. The van der Waals surface area contributed by atoms with Gasteiger partial charge in [-0.25, -0.2) is 13.1 Å². The van der Waals surface area contributed by atoms with Crippen LogP contribution in [0.25, 0.3) is 0 Å². The van der Waals surface area contributed by atoms with Crippen LogP contribution in [0.2, 0.25) is 0 Å². The molecule has 2 atom stereocenters. The molecular formula is C14H21N3O4S. The monoisotopic (exact) mass is 327 g/mol. The second kappa shape index (κ2) is 6.31. The van der Waals surface area contributed by atoms with Gasteiger partial charge in [0.25, 0.3) is 5.69 Å². The molecule has 22 heavy (non-hydrogen) atoms. The summed E-state index contributed by atoms with van der Waals surface area (Å²) < 4.78 is 27.8. The SMILES string of the molecule is Cc1cc(C)c(S(=O)(=O)NC2CCNC(C)C2)cc1[N+](=O)[O-]. The third-order valence-corrected chi connectivity index (χ3v) is 5.59. The zero-order chi connectivity index (χ0) is 16.5. The van der Waals surface area contributed by atoms with Crippen molar-refractivity contribution in [3.05, 3.63) is 33.4 Å².